The van der Waals surface area contributed by atoms with Crippen molar-refractivity contribution < 1.29 is 19.1 Å². The van der Waals surface area contributed by atoms with Gasteiger partial charge >= 0.3 is 0 Å². The summed E-state index contributed by atoms with van der Waals surface area (Å²) in [5.41, 5.74) is 4.19. The van der Waals surface area contributed by atoms with Gasteiger partial charge in [0.15, 0.2) is 5.17 Å². The maximum Gasteiger partial charge on any atom is 0.259 e. The first-order chi connectivity index (χ1) is 20.4. The Bertz CT molecular complexity index is 1540. The van der Waals surface area contributed by atoms with Gasteiger partial charge in [0.05, 0.1) is 24.5 Å². The predicted octanol–water partition coefficient (Wildman–Crippen LogP) is 5.07. The number of rotatable bonds is 10. The largest absolute Gasteiger partial charge is 0.497 e. The highest BCUT2D eigenvalue weighted by Gasteiger charge is 2.43. The van der Waals surface area contributed by atoms with Crippen molar-refractivity contribution in [1.29, 1.82) is 0 Å². The van der Waals surface area contributed by atoms with Gasteiger partial charge in [-0.3, -0.25) is 19.4 Å². The molecule has 216 valence electrons. The van der Waals surface area contributed by atoms with E-state index in [0.29, 0.717) is 40.9 Å². The summed E-state index contributed by atoms with van der Waals surface area (Å²) in [7, 11) is 1.60. The molecule has 5 rings (SSSR count). The van der Waals surface area contributed by atoms with E-state index in [-0.39, 0.29) is 24.1 Å². The predicted molar refractivity (Wildman–Crippen MR) is 166 cm³/mol. The monoisotopic (exact) mass is 583 g/mol. The second-order valence-electron chi connectivity index (χ2n) is 9.94. The Hall–Kier alpha value is -4.44. The number of carbonyl (C=O) groups is 3. The van der Waals surface area contributed by atoms with E-state index in [1.165, 1.54) is 22.2 Å². The maximum atomic E-state index is 13.7. The fourth-order valence-electron chi connectivity index (χ4n) is 4.70. The first-order valence-corrected chi connectivity index (χ1v) is 14.8. The molecule has 0 radical (unpaired) electrons. The van der Waals surface area contributed by atoms with Crippen molar-refractivity contribution in [2.24, 2.45) is 9.98 Å². The number of thioether (sulfide) groups is 1. The van der Waals surface area contributed by atoms with Crippen LogP contribution >= 0.6 is 11.8 Å². The lowest BCUT2D eigenvalue weighted by Gasteiger charge is -2.27. The molecule has 2 heterocycles. The number of anilines is 1. The summed E-state index contributed by atoms with van der Waals surface area (Å²) in [6.07, 6.45) is 1.35. The molecule has 0 fully saturated rings. The third kappa shape index (κ3) is 6.38. The molecule has 0 unspecified atom stereocenters. The number of methoxy groups -OCH3 is 1. The molecule has 0 saturated carbocycles. The van der Waals surface area contributed by atoms with Gasteiger partial charge in [-0.15, -0.1) is 0 Å². The molecule has 3 aromatic carbocycles. The average Bonchev–Trinajstić information content (AvgIpc) is 3.35. The van der Waals surface area contributed by atoms with Crippen molar-refractivity contribution in [3.05, 3.63) is 89.5 Å². The summed E-state index contributed by atoms with van der Waals surface area (Å²) >= 11 is 1.23. The lowest BCUT2D eigenvalue weighted by molar-refractivity contribution is -0.128. The van der Waals surface area contributed by atoms with Crippen LogP contribution in [0, 0.1) is 0 Å². The van der Waals surface area contributed by atoms with Crippen molar-refractivity contribution in [2.75, 3.05) is 12.4 Å². The Morgan fingerprint density at radius 2 is 1.71 bits per heavy atom. The standard InChI is InChI=1S/C32H33N5O4S/c1-4-20-10-14-22(15-11-20)34-30(39)27(5-2)42-32-36-25-9-7-6-8-24(25)29-35-26(31(40)37(29)32)18-28(38)33-19-21-12-16-23(41-3)17-13-21/h6-17,26-27H,4-5,18-19H2,1-3H3,(H,33,38)(H,34,39)/t26-,27+/m1/s1. The minimum absolute atomic E-state index is 0.0967. The number of nitrogens with zero attached hydrogens (tertiary/aromatic N) is 3. The molecule has 2 aliphatic rings. The zero-order valence-corrected chi connectivity index (χ0v) is 24.6. The molecule has 9 nitrogen and oxygen atoms in total. The first kappa shape index (κ1) is 29.1. The molecule has 3 amide bonds. The summed E-state index contributed by atoms with van der Waals surface area (Å²) in [5.74, 6) is 0.390. The summed E-state index contributed by atoms with van der Waals surface area (Å²) in [4.78, 5) is 50.6. The molecule has 3 aromatic rings. The van der Waals surface area contributed by atoms with Crippen LogP contribution in [0.2, 0.25) is 0 Å². The van der Waals surface area contributed by atoms with E-state index in [1.54, 1.807) is 7.11 Å². The lowest BCUT2D eigenvalue weighted by atomic mass is 10.1. The zero-order chi connectivity index (χ0) is 29.6. The molecule has 10 heteroatoms. The Morgan fingerprint density at radius 3 is 2.40 bits per heavy atom. The van der Waals surface area contributed by atoms with E-state index in [1.807, 2.05) is 79.7 Å². The highest BCUT2D eigenvalue weighted by atomic mass is 32.2. The molecule has 0 spiro atoms. The van der Waals surface area contributed by atoms with E-state index < -0.39 is 11.3 Å². The van der Waals surface area contributed by atoms with Crippen LogP contribution in [-0.2, 0) is 27.3 Å². The molecular formula is C32H33N5O4S. The highest BCUT2D eigenvalue weighted by Crippen LogP contribution is 2.36. The summed E-state index contributed by atoms with van der Waals surface area (Å²) in [5, 5.41) is 5.74. The second kappa shape index (κ2) is 13.0. The first-order valence-electron chi connectivity index (χ1n) is 14.0. The number of ether oxygens (including phenoxy) is 1. The van der Waals surface area contributed by atoms with Gasteiger partial charge in [0.1, 0.15) is 17.6 Å². The number of benzene rings is 3. The number of nitrogens with one attached hydrogen (secondary N) is 2. The van der Waals surface area contributed by atoms with E-state index in [2.05, 4.69) is 22.5 Å². The number of hydrogen-bond donors (Lipinski definition) is 2. The van der Waals surface area contributed by atoms with E-state index in [4.69, 9.17) is 9.73 Å². The van der Waals surface area contributed by atoms with Crippen LogP contribution in [-0.4, -0.2) is 52.0 Å². The van der Waals surface area contributed by atoms with E-state index in [0.717, 1.165) is 17.7 Å². The fraction of sp³-hybridized carbons (Fsp3) is 0.281. The van der Waals surface area contributed by atoms with Gasteiger partial charge in [0.2, 0.25) is 11.8 Å². The molecule has 2 atom stereocenters. The van der Waals surface area contributed by atoms with Crippen LogP contribution in [0.3, 0.4) is 0 Å². The third-order valence-corrected chi connectivity index (χ3v) is 8.43. The molecule has 42 heavy (non-hydrogen) atoms. The SMILES string of the molecule is CCc1ccc(NC(=O)[C@H](CC)SC2=Nc3ccccc3C3=N[C@H](CC(=O)NCc4ccc(OC)cc4)C(=O)N23)cc1. The number of fused-ring (bicyclic) bond motifs is 3. The van der Waals surface area contributed by atoms with Crippen LogP contribution in [0.25, 0.3) is 0 Å². The molecule has 0 aliphatic carbocycles. The van der Waals surface area contributed by atoms with Gasteiger partial charge in [-0.2, -0.15) is 0 Å². The van der Waals surface area contributed by atoms with Crippen LogP contribution in [0.4, 0.5) is 11.4 Å². The minimum atomic E-state index is -0.890. The quantitative estimate of drug-likeness (QED) is 0.346. The smallest absolute Gasteiger partial charge is 0.259 e. The van der Waals surface area contributed by atoms with Crippen molar-refractivity contribution >= 4 is 51.9 Å². The van der Waals surface area contributed by atoms with Gasteiger partial charge in [0, 0.05) is 17.8 Å². The number of amidine groups is 2. The second-order valence-corrected chi connectivity index (χ2v) is 11.1. The third-order valence-electron chi connectivity index (χ3n) is 7.12. The minimum Gasteiger partial charge on any atom is -0.497 e. The molecule has 0 aromatic heterocycles. The van der Waals surface area contributed by atoms with Crippen LogP contribution in [0.5, 0.6) is 5.75 Å². The van der Waals surface area contributed by atoms with Crippen molar-refractivity contribution in [2.45, 2.75) is 50.9 Å². The number of aryl methyl sites for hydroxylation is 1. The van der Waals surface area contributed by atoms with Crippen molar-refractivity contribution in [3.8, 4) is 5.75 Å². The van der Waals surface area contributed by atoms with Gasteiger partial charge in [-0.05, 0) is 60.4 Å². The highest BCUT2D eigenvalue weighted by molar-refractivity contribution is 8.15. The fourth-order valence-corrected chi connectivity index (χ4v) is 5.72. The molecule has 2 aliphatic heterocycles. The van der Waals surface area contributed by atoms with Crippen molar-refractivity contribution in [3.63, 3.8) is 0 Å². The van der Waals surface area contributed by atoms with Crippen LogP contribution < -0.4 is 15.4 Å². The summed E-state index contributed by atoms with van der Waals surface area (Å²) in [6, 6.07) is 21.7. The molecule has 2 N–H and O–H groups in total. The number of carbonyl (C=O) groups excluding carboxylic acids is 3. The Morgan fingerprint density at radius 1 is 1.00 bits per heavy atom. The number of para-hydroxylation sites is 1. The topological polar surface area (TPSA) is 112 Å². The van der Waals surface area contributed by atoms with Gasteiger partial charge in [-0.25, -0.2) is 9.89 Å². The van der Waals surface area contributed by atoms with E-state index in [9.17, 15) is 14.4 Å². The van der Waals surface area contributed by atoms with Gasteiger partial charge < -0.3 is 15.4 Å². The number of amides is 3. The molecule has 0 bridgehead atoms. The Labute approximate surface area is 249 Å². The lowest BCUT2D eigenvalue weighted by Crippen LogP contribution is -2.43. The van der Waals surface area contributed by atoms with Gasteiger partial charge in [0.25, 0.3) is 5.91 Å². The van der Waals surface area contributed by atoms with Gasteiger partial charge in [-0.1, -0.05) is 62.0 Å². The van der Waals surface area contributed by atoms with Crippen LogP contribution in [0.1, 0.15) is 43.4 Å². The summed E-state index contributed by atoms with van der Waals surface area (Å²) in [6.45, 7) is 4.33. The maximum absolute atomic E-state index is 13.7. The Kier molecular flexibility index (Phi) is 9.02. The Balaban J connectivity index is 1.30. The zero-order valence-electron chi connectivity index (χ0n) is 23.8. The van der Waals surface area contributed by atoms with E-state index >= 15 is 0 Å². The van der Waals surface area contributed by atoms with Crippen molar-refractivity contribution in [1.82, 2.24) is 10.2 Å². The molecular weight excluding hydrogens is 550 g/mol. The summed E-state index contributed by atoms with van der Waals surface area (Å²) < 4.78 is 5.18. The molecule has 0 saturated heterocycles. The normalized spacial score (nSPS) is 16.1. The average molecular weight is 584 g/mol. The number of aliphatic imine (C=N–C) groups is 2. The number of hydrogen-bond acceptors (Lipinski definition) is 7. The van der Waals surface area contributed by atoms with Crippen LogP contribution in [0.15, 0.2) is 82.8 Å².